The van der Waals surface area contributed by atoms with Crippen LogP contribution in [0.5, 0.6) is 5.75 Å². The number of rotatable bonds is 5. The van der Waals surface area contributed by atoms with Gasteiger partial charge in [0.05, 0.1) is 12.7 Å². The monoisotopic (exact) mass is 471 g/mol. The van der Waals surface area contributed by atoms with Gasteiger partial charge in [-0.1, -0.05) is 6.08 Å². The summed E-state index contributed by atoms with van der Waals surface area (Å²) in [6.45, 7) is 0.0556. The first kappa shape index (κ1) is 22.3. The van der Waals surface area contributed by atoms with Crippen molar-refractivity contribution in [2.45, 2.75) is 6.42 Å². The van der Waals surface area contributed by atoms with Gasteiger partial charge in [0.25, 0.3) is 0 Å². The van der Waals surface area contributed by atoms with Gasteiger partial charge in [-0.15, -0.1) is 0 Å². The zero-order valence-electron chi connectivity index (χ0n) is 17.3. The van der Waals surface area contributed by atoms with Gasteiger partial charge in [0.2, 0.25) is 0 Å². The quantitative estimate of drug-likeness (QED) is 0.518. The third-order valence-corrected chi connectivity index (χ3v) is 6.73. The highest BCUT2D eigenvalue weighted by Gasteiger charge is 2.27. The fraction of sp³-hybridized carbons (Fsp3) is 0.190. The molecule has 2 aromatic heterocycles. The van der Waals surface area contributed by atoms with Crippen LogP contribution in [0, 0.1) is 17.1 Å². The summed E-state index contributed by atoms with van der Waals surface area (Å²) in [5.74, 6) is -0.0894. The summed E-state index contributed by atoms with van der Waals surface area (Å²) in [7, 11) is -2.69. The molecule has 4 rings (SSSR count). The first-order valence-electron chi connectivity index (χ1n) is 9.69. The van der Waals surface area contributed by atoms with Crippen LogP contribution in [0.15, 0.2) is 36.5 Å². The van der Waals surface area contributed by atoms with Crippen LogP contribution in [-0.4, -0.2) is 54.1 Å². The van der Waals surface area contributed by atoms with E-state index in [9.17, 15) is 22.9 Å². The molecule has 0 saturated carbocycles. The SMILES string of the molecule is COc1ccc(F)cc1-c1c(C#N)cnc2[nH]c(C3=CCN(S(=O)(=O)NC(=O)O)CC3)cc12. The van der Waals surface area contributed by atoms with Crippen LogP contribution in [0.25, 0.3) is 27.7 Å². The van der Waals surface area contributed by atoms with Gasteiger partial charge in [-0.2, -0.15) is 18.0 Å². The van der Waals surface area contributed by atoms with E-state index in [1.54, 1.807) is 12.1 Å². The van der Waals surface area contributed by atoms with Gasteiger partial charge in [0, 0.05) is 41.5 Å². The number of amides is 1. The number of hydrogen-bond donors (Lipinski definition) is 3. The number of fused-ring (bicyclic) bond motifs is 1. The summed E-state index contributed by atoms with van der Waals surface area (Å²) in [5, 5.41) is 18.9. The molecule has 0 spiro atoms. The maximum atomic E-state index is 14.0. The Bertz CT molecular complexity index is 1440. The summed E-state index contributed by atoms with van der Waals surface area (Å²) >= 11 is 0. The van der Waals surface area contributed by atoms with Gasteiger partial charge in [0.1, 0.15) is 23.3 Å². The number of nitrogens with zero attached hydrogens (tertiary/aromatic N) is 3. The topological polar surface area (TPSA) is 148 Å². The van der Waals surface area contributed by atoms with Crippen molar-refractivity contribution in [2.75, 3.05) is 20.2 Å². The third-order valence-electron chi connectivity index (χ3n) is 5.28. The highest BCUT2D eigenvalue weighted by Crippen LogP contribution is 2.38. The van der Waals surface area contributed by atoms with E-state index in [-0.39, 0.29) is 18.7 Å². The Balaban J connectivity index is 1.77. The molecular formula is C21H18FN5O5S. The van der Waals surface area contributed by atoms with Crippen molar-refractivity contribution in [3.63, 3.8) is 0 Å². The summed E-state index contributed by atoms with van der Waals surface area (Å²) in [4.78, 5) is 18.2. The lowest BCUT2D eigenvalue weighted by atomic mass is 9.97. The van der Waals surface area contributed by atoms with Gasteiger partial charge in [-0.05, 0) is 36.3 Å². The summed E-state index contributed by atoms with van der Waals surface area (Å²) in [6.07, 6.45) is 1.73. The molecule has 33 heavy (non-hydrogen) atoms. The van der Waals surface area contributed by atoms with Crippen LogP contribution in [0.3, 0.4) is 0 Å². The molecule has 3 N–H and O–H groups in total. The predicted molar refractivity (Wildman–Crippen MR) is 117 cm³/mol. The number of halogens is 1. The molecule has 10 nitrogen and oxygen atoms in total. The van der Waals surface area contributed by atoms with Crippen molar-refractivity contribution in [2.24, 2.45) is 0 Å². The molecule has 1 aliphatic rings. The van der Waals surface area contributed by atoms with Crippen LogP contribution < -0.4 is 9.46 Å². The Hall–Kier alpha value is -3.95. The number of ether oxygens (including phenoxy) is 1. The molecule has 170 valence electrons. The normalized spacial score (nSPS) is 14.5. The molecule has 0 bridgehead atoms. The molecule has 0 aliphatic carbocycles. The van der Waals surface area contributed by atoms with Crippen LogP contribution in [0.2, 0.25) is 0 Å². The van der Waals surface area contributed by atoms with Crippen LogP contribution in [0.4, 0.5) is 9.18 Å². The average Bonchev–Trinajstić information content (AvgIpc) is 3.22. The van der Waals surface area contributed by atoms with Crippen LogP contribution in [-0.2, 0) is 10.2 Å². The molecule has 3 heterocycles. The van der Waals surface area contributed by atoms with E-state index in [0.717, 1.165) is 9.88 Å². The zero-order chi connectivity index (χ0) is 23.8. The Labute approximate surface area is 188 Å². The number of benzene rings is 1. The van der Waals surface area contributed by atoms with Crippen LogP contribution >= 0.6 is 0 Å². The van der Waals surface area contributed by atoms with Crippen molar-refractivity contribution in [3.05, 3.63) is 53.6 Å². The lowest BCUT2D eigenvalue weighted by molar-refractivity contribution is 0.200. The Morgan fingerprint density at radius 1 is 1.39 bits per heavy atom. The number of H-pyrrole nitrogens is 1. The number of hydrogen-bond acceptors (Lipinski definition) is 6. The van der Waals surface area contributed by atoms with Crippen molar-refractivity contribution >= 4 is 32.9 Å². The van der Waals surface area contributed by atoms with Crippen molar-refractivity contribution in [3.8, 4) is 22.9 Å². The molecule has 3 aromatic rings. The molecule has 0 atom stereocenters. The largest absolute Gasteiger partial charge is 0.496 e. The van der Waals surface area contributed by atoms with E-state index in [2.05, 4.69) is 16.0 Å². The molecule has 1 amide bonds. The van der Waals surface area contributed by atoms with Crippen LogP contribution in [0.1, 0.15) is 17.7 Å². The van der Waals surface area contributed by atoms with Gasteiger partial charge in [0.15, 0.2) is 0 Å². The van der Waals surface area contributed by atoms with E-state index in [4.69, 9.17) is 9.84 Å². The molecule has 12 heteroatoms. The Kier molecular flexibility index (Phi) is 5.75. The lowest BCUT2D eigenvalue weighted by Gasteiger charge is -2.24. The summed E-state index contributed by atoms with van der Waals surface area (Å²) < 4.78 is 46.1. The molecule has 0 unspecified atom stereocenters. The van der Waals surface area contributed by atoms with Gasteiger partial charge >= 0.3 is 16.3 Å². The molecule has 1 aromatic carbocycles. The molecule has 1 aliphatic heterocycles. The van der Waals surface area contributed by atoms with E-state index in [0.29, 0.717) is 40.0 Å². The fourth-order valence-corrected chi connectivity index (χ4v) is 4.74. The van der Waals surface area contributed by atoms with Gasteiger partial charge in [-0.25, -0.2) is 18.9 Å². The number of carboxylic acid groups (broad SMARTS) is 1. The minimum Gasteiger partial charge on any atom is -0.496 e. The van der Waals surface area contributed by atoms with Crippen molar-refractivity contribution < 1.29 is 27.4 Å². The Morgan fingerprint density at radius 3 is 2.82 bits per heavy atom. The number of aromatic amines is 1. The molecule has 0 radical (unpaired) electrons. The number of nitriles is 1. The second kappa shape index (κ2) is 8.53. The van der Waals surface area contributed by atoms with E-state index in [1.807, 2.05) is 0 Å². The summed E-state index contributed by atoms with van der Waals surface area (Å²) in [5.41, 5.74) is 3.03. The maximum Gasteiger partial charge on any atom is 0.419 e. The first-order chi connectivity index (χ1) is 15.7. The molecule has 0 fully saturated rings. The highest BCUT2D eigenvalue weighted by atomic mass is 32.2. The number of aromatic nitrogens is 2. The number of pyridine rings is 1. The second-order valence-corrected chi connectivity index (χ2v) is 8.87. The minimum absolute atomic E-state index is 0.0191. The molecule has 0 saturated heterocycles. The maximum absolute atomic E-state index is 14.0. The van der Waals surface area contributed by atoms with Gasteiger partial charge in [-0.3, -0.25) is 0 Å². The third kappa shape index (κ3) is 4.23. The Morgan fingerprint density at radius 2 is 2.18 bits per heavy atom. The van der Waals surface area contributed by atoms with E-state index >= 15 is 0 Å². The summed E-state index contributed by atoms with van der Waals surface area (Å²) in [6, 6.07) is 7.90. The lowest BCUT2D eigenvalue weighted by Crippen LogP contribution is -2.44. The van der Waals surface area contributed by atoms with E-state index in [1.165, 1.54) is 36.2 Å². The van der Waals surface area contributed by atoms with E-state index < -0.39 is 22.1 Å². The smallest absolute Gasteiger partial charge is 0.419 e. The average molecular weight is 471 g/mol. The number of methoxy groups -OCH3 is 1. The number of carbonyl (C=O) groups is 1. The second-order valence-electron chi connectivity index (χ2n) is 7.20. The van der Waals surface area contributed by atoms with Gasteiger partial charge < -0.3 is 14.8 Å². The van der Waals surface area contributed by atoms with Crippen molar-refractivity contribution in [1.29, 1.82) is 5.26 Å². The zero-order valence-corrected chi connectivity index (χ0v) is 18.1. The standard InChI is InChI=1S/C21H18FN5O5S/c1-32-18-3-2-14(22)8-15(18)19-13(10-23)11-24-20-16(19)9-17(25-20)12-4-6-27(7-5-12)33(30,31)26-21(28)29/h2-4,8-9,11,26H,5-7H2,1H3,(H,24,25)(H,28,29). The fourth-order valence-electron chi connectivity index (χ4n) is 3.79. The highest BCUT2D eigenvalue weighted by molar-refractivity contribution is 7.87. The number of nitrogens with one attached hydrogen (secondary N) is 2. The first-order valence-corrected chi connectivity index (χ1v) is 11.1. The van der Waals surface area contributed by atoms with Crippen molar-refractivity contribution in [1.82, 2.24) is 19.0 Å². The predicted octanol–water partition coefficient (Wildman–Crippen LogP) is 2.85. The minimum atomic E-state index is -4.15. The molecular weight excluding hydrogens is 453 g/mol.